The van der Waals surface area contributed by atoms with E-state index in [0.717, 1.165) is 54.5 Å². The number of hydrogen-bond donors (Lipinski definition) is 4. The summed E-state index contributed by atoms with van der Waals surface area (Å²) in [6.45, 7) is 4.39. The summed E-state index contributed by atoms with van der Waals surface area (Å²) >= 11 is 0. The minimum atomic E-state index is -1.20. The van der Waals surface area contributed by atoms with Crippen LogP contribution in [0.5, 0.6) is 5.75 Å². The van der Waals surface area contributed by atoms with Crippen LogP contribution in [-0.4, -0.2) is 83.1 Å². The molecule has 2 aromatic rings. The molecule has 2 heterocycles. The molecule has 1 aliphatic carbocycles. The third-order valence-corrected chi connectivity index (χ3v) is 9.74. The van der Waals surface area contributed by atoms with Gasteiger partial charge in [0.15, 0.2) is 0 Å². The maximum absolute atomic E-state index is 14.0. The highest BCUT2D eigenvalue weighted by Gasteiger charge is 2.37. The van der Waals surface area contributed by atoms with Crippen LogP contribution >= 0.6 is 0 Å². The quantitative estimate of drug-likeness (QED) is 0.327. The van der Waals surface area contributed by atoms with E-state index in [1.54, 1.807) is 4.90 Å². The summed E-state index contributed by atoms with van der Waals surface area (Å²) in [6.07, 6.45) is 5.89. The number of nitrogens with zero attached hydrogens (tertiary/aromatic N) is 1. The second-order valence-corrected chi connectivity index (χ2v) is 13.4. The van der Waals surface area contributed by atoms with E-state index >= 15 is 0 Å². The fourth-order valence-electron chi connectivity index (χ4n) is 6.13. The van der Waals surface area contributed by atoms with E-state index in [1.165, 1.54) is 0 Å². The van der Waals surface area contributed by atoms with Gasteiger partial charge in [-0.25, -0.2) is 0 Å². The molecule has 46 heavy (non-hydrogen) atoms. The number of nitrogens with one attached hydrogen (secondary N) is 4. The maximum atomic E-state index is 14.0. The number of rotatable bonds is 8. The molecular weight excluding hydrogens is 599 g/mol. The molecule has 4 amide bonds. The molecule has 4 bridgehead atoms. The first-order valence-corrected chi connectivity index (χ1v) is 17.2. The zero-order valence-corrected chi connectivity index (χ0v) is 27.7. The van der Waals surface area contributed by atoms with Crippen LogP contribution in [0.4, 0.5) is 0 Å². The van der Waals surface area contributed by atoms with Gasteiger partial charge < -0.3 is 30.9 Å². The van der Waals surface area contributed by atoms with E-state index in [0.29, 0.717) is 45.1 Å². The highest BCUT2D eigenvalue weighted by atomic mass is 28.1. The Balaban J connectivity index is 1.39. The van der Waals surface area contributed by atoms with Gasteiger partial charge in [0.05, 0.1) is 12.1 Å². The Bertz CT molecular complexity index is 1370. The Morgan fingerprint density at radius 1 is 1.04 bits per heavy atom. The number of piperidine rings is 1. The standard InChI is InChI=1S/C35H46N5O5Si/c1-23-9-13-28-20-26(23)21-37-33(42)29(14-10-24-6-3-2-4-7-24)38-34(43)31(39-30(41)15-17-36-27-11-12-27)32(46)35(44)40-18-5-8-25(22-40)16-19-45-28/h2-4,6-7,9,13,20,25,27,29,31-32,36H,5,8,10-12,14-19,21-22H2,1H3,(H,37,42)(H,38,43)(H,39,41)/t25?,29-,31-,32?/m0/s1. The molecule has 3 aliphatic rings. The molecule has 2 aliphatic heterocycles. The van der Waals surface area contributed by atoms with Crippen LogP contribution in [0, 0.1) is 12.8 Å². The molecule has 0 aromatic heterocycles. The predicted molar refractivity (Wildman–Crippen MR) is 176 cm³/mol. The zero-order valence-electron chi connectivity index (χ0n) is 26.7. The Morgan fingerprint density at radius 2 is 1.85 bits per heavy atom. The van der Waals surface area contributed by atoms with E-state index < -0.39 is 23.5 Å². The van der Waals surface area contributed by atoms with Gasteiger partial charge in [0, 0.05) is 48.9 Å². The van der Waals surface area contributed by atoms with Crippen LogP contribution in [0.1, 0.15) is 61.6 Å². The Hall–Kier alpha value is -3.70. The summed E-state index contributed by atoms with van der Waals surface area (Å²) in [6, 6.07) is 14.0. The molecule has 10 nitrogen and oxygen atoms in total. The van der Waals surface area contributed by atoms with Crippen LogP contribution in [0.15, 0.2) is 48.5 Å². The molecule has 4 N–H and O–H groups in total. The van der Waals surface area contributed by atoms with Gasteiger partial charge in [-0.1, -0.05) is 36.4 Å². The lowest BCUT2D eigenvalue weighted by atomic mass is 9.94. The van der Waals surface area contributed by atoms with Crippen molar-refractivity contribution in [3.05, 3.63) is 65.2 Å². The largest absolute Gasteiger partial charge is 0.494 e. The molecule has 4 atom stereocenters. The lowest BCUT2D eigenvalue weighted by Gasteiger charge is -2.36. The van der Waals surface area contributed by atoms with Gasteiger partial charge in [-0.2, -0.15) is 0 Å². The molecular formula is C35H46N5O5Si. The van der Waals surface area contributed by atoms with Crippen LogP contribution in [0.2, 0.25) is 5.54 Å². The zero-order chi connectivity index (χ0) is 32.5. The third kappa shape index (κ3) is 9.65. The topological polar surface area (TPSA) is 129 Å². The van der Waals surface area contributed by atoms with E-state index in [2.05, 4.69) is 31.5 Å². The van der Waals surface area contributed by atoms with E-state index in [9.17, 15) is 19.2 Å². The minimum Gasteiger partial charge on any atom is -0.494 e. The number of carbonyl (C=O) groups excluding carboxylic acids is 4. The van der Waals surface area contributed by atoms with Crippen molar-refractivity contribution in [3.63, 3.8) is 0 Å². The Morgan fingerprint density at radius 3 is 2.63 bits per heavy atom. The lowest BCUT2D eigenvalue weighted by molar-refractivity contribution is -0.138. The van der Waals surface area contributed by atoms with Crippen LogP contribution in [0.25, 0.3) is 0 Å². The van der Waals surface area contributed by atoms with Gasteiger partial charge >= 0.3 is 0 Å². The highest BCUT2D eigenvalue weighted by molar-refractivity contribution is 6.26. The summed E-state index contributed by atoms with van der Waals surface area (Å²) in [7, 11) is 3.58. The van der Waals surface area contributed by atoms with Crippen molar-refractivity contribution in [1.82, 2.24) is 26.2 Å². The van der Waals surface area contributed by atoms with Gasteiger partial charge in [-0.3, -0.25) is 19.2 Å². The summed E-state index contributed by atoms with van der Waals surface area (Å²) in [5.74, 6) is -0.511. The monoisotopic (exact) mass is 644 g/mol. The van der Waals surface area contributed by atoms with E-state index in [4.69, 9.17) is 4.74 Å². The first kappa shape index (κ1) is 33.7. The summed E-state index contributed by atoms with van der Waals surface area (Å²) in [5.41, 5.74) is 1.98. The van der Waals surface area contributed by atoms with Crippen molar-refractivity contribution in [2.75, 3.05) is 26.2 Å². The molecule has 245 valence electrons. The summed E-state index contributed by atoms with van der Waals surface area (Å²) in [5, 5.41) is 12.0. The van der Waals surface area contributed by atoms with Gasteiger partial charge in [0.1, 0.15) is 17.8 Å². The van der Waals surface area contributed by atoms with Gasteiger partial charge in [0.25, 0.3) is 0 Å². The van der Waals surface area contributed by atoms with Crippen molar-refractivity contribution in [2.45, 2.75) is 88.5 Å². The first-order valence-electron chi connectivity index (χ1n) is 16.6. The Kier molecular flexibility index (Phi) is 11.9. The van der Waals surface area contributed by atoms with Gasteiger partial charge in [-0.15, -0.1) is 0 Å². The summed E-state index contributed by atoms with van der Waals surface area (Å²) in [4.78, 5) is 56.3. The van der Waals surface area contributed by atoms with E-state index in [1.807, 2.05) is 55.5 Å². The number of aryl methyl sites for hydroxylation is 2. The van der Waals surface area contributed by atoms with Crippen molar-refractivity contribution in [2.24, 2.45) is 5.92 Å². The van der Waals surface area contributed by atoms with Crippen LogP contribution in [0.3, 0.4) is 0 Å². The second-order valence-electron chi connectivity index (χ2n) is 12.8. The fourth-order valence-corrected chi connectivity index (χ4v) is 6.54. The van der Waals surface area contributed by atoms with Crippen molar-refractivity contribution in [3.8, 4) is 5.75 Å². The van der Waals surface area contributed by atoms with Crippen molar-refractivity contribution in [1.29, 1.82) is 0 Å². The molecule has 2 fully saturated rings. The maximum Gasteiger partial charge on any atom is 0.243 e. The molecule has 1 saturated carbocycles. The van der Waals surface area contributed by atoms with Crippen molar-refractivity contribution < 1.29 is 23.9 Å². The van der Waals surface area contributed by atoms with Gasteiger partial charge in [0.2, 0.25) is 23.6 Å². The number of amides is 4. The Labute approximate surface area is 275 Å². The summed E-state index contributed by atoms with van der Waals surface area (Å²) < 4.78 is 6.11. The number of ether oxygens (including phenoxy) is 1. The number of fused-ring (bicyclic) bond motifs is 4. The first-order chi connectivity index (χ1) is 22.3. The normalized spacial score (nSPS) is 24.6. The number of carbonyl (C=O) groups is 4. The molecule has 1 saturated heterocycles. The number of benzene rings is 2. The van der Waals surface area contributed by atoms with Crippen LogP contribution in [-0.2, 0) is 32.1 Å². The van der Waals surface area contributed by atoms with E-state index in [-0.39, 0.29) is 36.6 Å². The highest BCUT2D eigenvalue weighted by Crippen LogP contribution is 2.25. The molecule has 0 spiro atoms. The average Bonchev–Trinajstić information content (AvgIpc) is 3.89. The smallest absolute Gasteiger partial charge is 0.243 e. The average molecular weight is 645 g/mol. The molecule has 11 heteroatoms. The molecule has 3 radical (unpaired) electrons. The second kappa shape index (κ2) is 16.2. The lowest BCUT2D eigenvalue weighted by Crippen LogP contribution is -2.57. The van der Waals surface area contributed by atoms with Gasteiger partial charge in [-0.05, 0) is 86.6 Å². The SMILES string of the molecule is Cc1ccc2cc1CNC(=O)[C@H](CCc1ccccc1)NC(=O)[C@@H](NC(=O)CCNC1CC1)C([Si])C(=O)N1CCCC(CCO2)C1. The number of hydrogen-bond acceptors (Lipinski definition) is 6. The molecule has 2 aromatic carbocycles. The third-order valence-electron chi connectivity index (χ3n) is 9.16. The predicted octanol–water partition coefficient (Wildman–Crippen LogP) is 2.33. The molecule has 2 unspecified atom stereocenters. The molecule has 5 rings (SSSR count). The van der Waals surface area contributed by atoms with Crippen LogP contribution < -0.4 is 26.0 Å². The van der Waals surface area contributed by atoms with Crippen molar-refractivity contribution >= 4 is 33.9 Å². The minimum absolute atomic E-state index is 0.176. The fraction of sp³-hybridized carbons (Fsp3) is 0.543.